The molecule has 0 atom stereocenters. The van der Waals surface area contributed by atoms with Crippen LogP contribution in [0, 0.1) is 5.41 Å². The van der Waals surface area contributed by atoms with Crippen molar-refractivity contribution in [3.05, 3.63) is 194 Å². The van der Waals surface area contributed by atoms with Crippen molar-refractivity contribution in [2.24, 2.45) is 0 Å². The van der Waals surface area contributed by atoms with Gasteiger partial charge in [0.05, 0.1) is 11.0 Å². The van der Waals surface area contributed by atoms with Crippen LogP contribution in [0.1, 0.15) is 5.56 Å². The number of para-hydroxylation sites is 1. The van der Waals surface area contributed by atoms with E-state index in [0.29, 0.717) is 0 Å². The van der Waals surface area contributed by atoms with Crippen LogP contribution < -0.4 is 0 Å². The molecule has 1 aromatic heterocycles. The van der Waals surface area contributed by atoms with E-state index in [4.69, 9.17) is 5.41 Å². The Balaban J connectivity index is 1.24. The average molecular weight is 651 g/mol. The first-order valence-corrected chi connectivity index (χ1v) is 17.3. The van der Waals surface area contributed by atoms with Gasteiger partial charge in [0.25, 0.3) is 0 Å². The van der Waals surface area contributed by atoms with Crippen LogP contribution in [0.25, 0.3) is 88.0 Å². The van der Waals surface area contributed by atoms with Crippen LogP contribution in [0.2, 0.25) is 0 Å². The van der Waals surface area contributed by atoms with E-state index in [1.807, 2.05) is 6.08 Å². The van der Waals surface area contributed by atoms with Crippen molar-refractivity contribution in [3.63, 3.8) is 0 Å². The van der Waals surface area contributed by atoms with Gasteiger partial charge in [-0.25, -0.2) is 0 Å². The SMILES string of the molecule is C=C/C=C(\C=N)c1ccc(-c2ccc3c(ccc4c5ccc(-c6cccc(-c7ccccc7)c6)cc5n(-c5ccccc5)c34)c2)c2ccccc12. The third-order valence-electron chi connectivity index (χ3n) is 10.1. The van der Waals surface area contributed by atoms with Crippen molar-refractivity contribution < 1.29 is 0 Å². The number of nitrogens with one attached hydrogen (secondary N) is 1. The molecule has 0 aliphatic rings. The Morgan fingerprint density at radius 3 is 1.92 bits per heavy atom. The number of hydrogen-bond acceptors (Lipinski definition) is 1. The molecule has 0 fully saturated rings. The summed E-state index contributed by atoms with van der Waals surface area (Å²) in [7, 11) is 0. The average Bonchev–Trinajstić information content (AvgIpc) is 3.54. The van der Waals surface area contributed by atoms with Gasteiger partial charge in [-0.3, -0.25) is 0 Å². The van der Waals surface area contributed by atoms with Gasteiger partial charge in [0, 0.05) is 28.1 Å². The largest absolute Gasteiger partial charge is 0.309 e. The minimum Gasteiger partial charge on any atom is -0.309 e. The molecule has 0 aliphatic heterocycles. The summed E-state index contributed by atoms with van der Waals surface area (Å²) in [6.07, 6.45) is 5.04. The zero-order valence-electron chi connectivity index (χ0n) is 28.1. The first-order valence-electron chi connectivity index (χ1n) is 17.3. The summed E-state index contributed by atoms with van der Waals surface area (Å²) >= 11 is 0. The molecule has 51 heavy (non-hydrogen) atoms. The number of benzene rings is 8. The summed E-state index contributed by atoms with van der Waals surface area (Å²) in [5, 5.41) is 15.2. The zero-order chi connectivity index (χ0) is 34.3. The Bertz CT molecular complexity index is 2820. The summed E-state index contributed by atoms with van der Waals surface area (Å²) < 4.78 is 2.44. The van der Waals surface area contributed by atoms with Crippen LogP contribution in [0.3, 0.4) is 0 Å². The molecule has 1 heterocycles. The van der Waals surface area contributed by atoms with Crippen molar-refractivity contribution in [2.75, 3.05) is 0 Å². The Hall–Kier alpha value is -6.77. The highest BCUT2D eigenvalue weighted by molar-refractivity contribution is 6.20. The van der Waals surface area contributed by atoms with Crippen LogP contribution in [-0.4, -0.2) is 10.8 Å². The molecule has 0 saturated carbocycles. The van der Waals surface area contributed by atoms with Crippen molar-refractivity contribution in [1.29, 1.82) is 5.41 Å². The second-order valence-electron chi connectivity index (χ2n) is 13.0. The van der Waals surface area contributed by atoms with E-state index in [2.05, 4.69) is 181 Å². The molecular formula is C49H34N2. The molecule has 0 bridgehead atoms. The van der Waals surface area contributed by atoms with E-state index in [0.717, 1.165) is 33.2 Å². The van der Waals surface area contributed by atoms with E-state index >= 15 is 0 Å². The first kappa shape index (κ1) is 30.3. The van der Waals surface area contributed by atoms with Crippen LogP contribution in [0.4, 0.5) is 0 Å². The quantitative estimate of drug-likeness (QED) is 0.131. The molecular weight excluding hydrogens is 617 g/mol. The molecule has 1 N–H and O–H groups in total. The Morgan fingerprint density at radius 2 is 1.14 bits per heavy atom. The van der Waals surface area contributed by atoms with Gasteiger partial charge >= 0.3 is 0 Å². The van der Waals surface area contributed by atoms with E-state index in [-0.39, 0.29) is 0 Å². The van der Waals surface area contributed by atoms with Crippen molar-refractivity contribution in [2.45, 2.75) is 0 Å². The summed E-state index contributed by atoms with van der Waals surface area (Å²) in [6, 6.07) is 61.3. The summed E-state index contributed by atoms with van der Waals surface area (Å²) in [4.78, 5) is 0. The van der Waals surface area contributed by atoms with E-state index in [1.54, 1.807) is 6.08 Å². The second kappa shape index (κ2) is 12.6. The number of rotatable bonds is 7. The van der Waals surface area contributed by atoms with Gasteiger partial charge in [-0.15, -0.1) is 0 Å². The van der Waals surface area contributed by atoms with Gasteiger partial charge < -0.3 is 9.98 Å². The molecule has 2 heteroatoms. The molecule has 2 nitrogen and oxygen atoms in total. The molecule has 0 aliphatic carbocycles. The highest BCUT2D eigenvalue weighted by Crippen LogP contribution is 2.41. The van der Waals surface area contributed by atoms with Gasteiger partial charge in [-0.1, -0.05) is 158 Å². The first-order chi connectivity index (χ1) is 25.2. The predicted molar refractivity (Wildman–Crippen MR) is 219 cm³/mol. The predicted octanol–water partition coefficient (Wildman–Crippen LogP) is 13.3. The highest BCUT2D eigenvalue weighted by atomic mass is 15.0. The van der Waals surface area contributed by atoms with Crippen LogP contribution in [-0.2, 0) is 0 Å². The normalized spacial score (nSPS) is 11.8. The number of fused-ring (bicyclic) bond motifs is 6. The molecule has 9 rings (SSSR count). The number of nitrogens with zero attached hydrogens (tertiary/aromatic N) is 1. The molecule has 0 spiro atoms. The zero-order valence-corrected chi connectivity index (χ0v) is 28.1. The standard InChI is InChI=1S/C49H34N2/c1-2-12-39(32-50)42-28-27-41(44-19-9-10-20-45(42)44)37-22-24-43-38(30-37)23-26-47-46-25-21-36(31-48(46)51(49(43)47)40-17-7-4-8-18-40)35-16-11-15-34(29-35)33-13-5-3-6-14-33/h2-32,50H,1H2/b39-12+,50-32?. The van der Waals surface area contributed by atoms with E-state index in [1.165, 1.54) is 66.6 Å². The Morgan fingerprint density at radius 1 is 0.490 bits per heavy atom. The van der Waals surface area contributed by atoms with E-state index in [9.17, 15) is 0 Å². The third-order valence-corrected chi connectivity index (χ3v) is 10.1. The number of hydrogen-bond donors (Lipinski definition) is 1. The third kappa shape index (κ3) is 5.17. The topological polar surface area (TPSA) is 28.8 Å². The molecule has 9 aromatic rings. The maximum atomic E-state index is 8.02. The fourth-order valence-corrected chi connectivity index (χ4v) is 7.68. The fraction of sp³-hybridized carbons (Fsp3) is 0. The van der Waals surface area contributed by atoms with Crippen LogP contribution in [0.15, 0.2) is 189 Å². The lowest BCUT2D eigenvalue weighted by Crippen LogP contribution is -1.94. The summed E-state index contributed by atoms with van der Waals surface area (Å²) in [6.45, 7) is 3.86. The maximum absolute atomic E-state index is 8.02. The monoisotopic (exact) mass is 650 g/mol. The lowest BCUT2D eigenvalue weighted by molar-refractivity contribution is 1.19. The highest BCUT2D eigenvalue weighted by Gasteiger charge is 2.17. The molecule has 8 aromatic carbocycles. The van der Waals surface area contributed by atoms with Crippen LogP contribution in [0.5, 0.6) is 0 Å². The van der Waals surface area contributed by atoms with Crippen molar-refractivity contribution in [1.82, 2.24) is 4.57 Å². The van der Waals surface area contributed by atoms with Gasteiger partial charge in [0.2, 0.25) is 0 Å². The maximum Gasteiger partial charge on any atom is 0.0619 e. The minimum absolute atomic E-state index is 0.842. The minimum atomic E-state index is 0.842. The summed E-state index contributed by atoms with van der Waals surface area (Å²) in [5.41, 5.74) is 12.6. The van der Waals surface area contributed by atoms with Crippen molar-refractivity contribution >= 4 is 55.1 Å². The van der Waals surface area contributed by atoms with Crippen LogP contribution >= 0.6 is 0 Å². The smallest absolute Gasteiger partial charge is 0.0619 e. The van der Waals surface area contributed by atoms with Gasteiger partial charge in [-0.05, 0) is 91.0 Å². The Kier molecular flexibility index (Phi) is 7.48. The molecule has 0 saturated heterocycles. The van der Waals surface area contributed by atoms with Gasteiger partial charge in [0.15, 0.2) is 0 Å². The number of aromatic nitrogens is 1. The lowest BCUT2D eigenvalue weighted by Gasteiger charge is -2.14. The molecule has 0 radical (unpaired) electrons. The Labute approximate surface area is 297 Å². The molecule has 0 unspecified atom stereocenters. The van der Waals surface area contributed by atoms with Gasteiger partial charge in [0.1, 0.15) is 0 Å². The molecule has 240 valence electrons. The fourth-order valence-electron chi connectivity index (χ4n) is 7.68. The van der Waals surface area contributed by atoms with Gasteiger partial charge in [-0.2, -0.15) is 0 Å². The summed E-state index contributed by atoms with van der Waals surface area (Å²) in [5.74, 6) is 0. The number of allylic oxidation sites excluding steroid dienone is 3. The van der Waals surface area contributed by atoms with Crippen molar-refractivity contribution in [3.8, 4) is 39.1 Å². The lowest BCUT2D eigenvalue weighted by atomic mass is 9.91. The second-order valence-corrected chi connectivity index (χ2v) is 13.0. The van der Waals surface area contributed by atoms with E-state index < -0.39 is 0 Å². The molecule has 0 amide bonds.